The molecule has 0 amide bonds. The molecule has 0 radical (unpaired) electrons. The van der Waals surface area contributed by atoms with Crippen LogP contribution in [-0.4, -0.2) is 38.5 Å². The van der Waals surface area contributed by atoms with E-state index in [1.165, 1.54) is 38.5 Å². The lowest BCUT2D eigenvalue weighted by Crippen LogP contribution is -2.29. The molecule has 19 heavy (non-hydrogen) atoms. The van der Waals surface area contributed by atoms with Crippen molar-refractivity contribution in [2.45, 2.75) is 69.6 Å². The zero-order valence-corrected chi connectivity index (χ0v) is 12.8. The van der Waals surface area contributed by atoms with Gasteiger partial charge >= 0.3 is 0 Å². The summed E-state index contributed by atoms with van der Waals surface area (Å²) in [7, 11) is 0. The van der Waals surface area contributed by atoms with Gasteiger partial charge in [-0.2, -0.15) is 0 Å². The molecular formula is C13H25N5S. The van der Waals surface area contributed by atoms with E-state index in [2.05, 4.69) is 34.7 Å². The quantitative estimate of drug-likeness (QED) is 0.587. The SMILES string of the molecule is CCC(CC)NCCSc1nnnn1C1CCCC1. The Morgan fingerprint density at radius 2 is 2.05 bits per heavy atom. The van der Waals surface area contributed by atoms with E-state index < -0.39 is 0 Å². The molecule has 1 fully saturated rings. The molecule has 1 saturated carbocycles. The maximum atomic E-state index is 4.16. The van der Waals surface area contributed by atoms with Crippen molar-refractivity contribution in [3.63, 3.8) is 0 Å². The number of thioether (sulfide) groups is 1. The second kappa shape index (κ2) is 7.85. The first-order valence-electron chi connectivity index (χ1n) is 7.49. The lowest BCUT2D eigenvalue weighted by Gasteiger charge is -2.14. The van der Waals surface area contributed by atoms with Gasteiger partial charge in [0, 0.05) is 18.3 Å². The average molecular weight is 283 g/mol. The minimum Gasteiger partial charge on any atom is -0.313 e. The molecule has 1 aromatic rings. The Kier molecular flexibility index (Phi) is 6.10. The third kappa shape index (κ3) is 4.18. The summed E-state index contributed by atoms with van der Waals surface area (Å²) in [5, 5.41) is 16.7. The molecule has 1 aromatic heterocycles. The van der Waals surface area contributed by atoms with Gasteiger partial charge in [-0.1, -0.05) is 38.5 Å². The Morgan fingerprint density at radius 1 is 1.32 bits per heavy atom. The summed E-state index contributed by atoms with van der Waals surface area (Å²) in [5.74, 6) is 1.03. The number of hydrogen-bond acceptors (Lipinski definition) is 5. The lowest BCUT2D eigenvalue weighted by molar-refractivity contribution is 0.423. The standard InChI is InChI=1S/C13H25N5S/c1-3-11(4-2)14-9-10-19-13-15-16-17-18(13)12-7-5-6-8-12/h11-12,14H,3-10H2,1-2H3. The fraction of sp³-hybridized carbons (Fsp3) is 0.923. The maximum Gasteiger partial charge on any atom is 0.209 e. The van der Waals surface area contributed by atoms with E-state index in [4.69, 9.17) is 0 Å². The van der Waals surface area contributed by atoms with Gasteiger partial charge in [0.05, 0.1) is 6.04 Å². The Hall–Kier alpha value is -0.620. The van der Waals surface area contributed by atoms with Crippen LogP contribution in [0.1, 0.15) is 58.4 Å². The molecular weight excluding hydrogens is 258 g/mol. The lowest BCUT2D eigenvalue weighted by atomic mass is 10.2. The number of tetrazole rings is 1. The van der Waals surface area contributed by atoms with E-state index in [1.807, 2.05) is 4.68 Å². The van der Waals surface area contributed by atoms with Gasteiger partial charge in [-0.05, 0) is 36.1 Å². The predicted molar refractivity (Wildman–Crippen MR) is 78.4 cm³/mol. The summed E-state index contributed by atoms with van der Waals surface area (Å²) < 4.78 is 2.04. The fourth-order valence-corrected chi connectivity index (χ4v) is 3.46. The minimum atomic E-state index is 0.532. The monoisotopic (exact) mass is 283 g/mol. The molecule has 0 aliphatic heterocycles. The summed E-state index contributed by atoms with van der Waals surface area (Å²) in [6.45, 7) is 5.48. The smallest absolute Gasteiger partial charge is 0.209 e. The van der Waals surface area contributed by atoms with Crippen LogP contribution < -0.4 is 5.32 Å². The first kappa shape index (κ1) is 14.8. The van der Waals surface area contributed by atoms with Gasteiger partial charge in [0.1, 0.15) is 0 Å². The van der Waals surface area contributed by atoms with E-state index in [1.54, 1.807) is 11.8 Å². The molecule has 0 atom stereocenters. The Labute approximate surface area is 119 Å². The summed E-state index contributed by atoms with van der Waals surface area (Å²) in [4.78, 5) is 0. The molecule has 1 N–H and O–H groups in total. The summed E-state index contributed by atoms with van der Waals surface area (Å²) in [5.41, 5.74) is 0. The van der Waals surface area contributed by atoms with E-state index in [0.29, 0.717) is 12.1 Å². The molecule has 6 heteroatoms. The highest BCUT2D eigenvalue weighted by atomic mass is 32.2. The fourth-order valence-electron chi connectivity index (χ4n) is 2.64. The normalized spacial score (nSPS) is 16.6. The van der Waals surface area contributed by atoms with Crippen LogP contribution >= 0.6 is 11.8 Å². The van der Waals surface area contributed by atoms with Gasteiger partial charge in [0.2, 0.25) is 5.16 Å². The molecule has 1 aliphatic rings. The van der Waals surface area contributed by atoms with Crippen molar-refractivity contribution in [1.29, 1.82) is 0 Å². The highest BCUT2D eigenvalue weighted by Gasteiger charge is 2.21. The van der Waals surface area contributed by atoms with Crippen LogP contribution in [0.3, 0.4) is 0 Å². The highest BCUT2D eigenvalue weighted by molar-refractivity contribution is 7.99. The van der Waals surface area contributed by atoms with Crippen LogP contribution in [0, 0.1) is 0 Å². The van der Waals surface area contributed by atoms with Crippen molar-refractivity contribution in [2.24, 2.45) is 0 Å². The second-order valence-electron chi connectivity index (χ2n) is 5.16. The summed E-state index contributed by atoms with van der Waals surface area (Å²) in [6, 6.07) is 1.18. The van der Waals surface area contributed by atoms with E-state index in [0.717, 1.165) is 17.5 Å². The van der Waals surface area contributed by atoms with Crippen LogP contribution in [0.2, 0.25) is 0 Å². The van der Waals surface area contributed by atoms with Crippen LogP contribution in [0.5, 0.6) is 0 Å². The van der Waals surface area contributed by atoms with Crippen molar-refractivity contribution in [3.8, 4) is 0 Å². The predicted octanol–water partition coefficient (Wildman–Crippen LogP) is 2.66. The van der Waals surface area contributed by atoms with Gasteiger partial charge in [-0.3, -0.25) is 0 Å². The first-order chi connectivity index (χ1) is 9.35. The third-order valence-corrected chi connectivity index (χ3v) is 4.82. The molecule has 2 rings (SSSR count). The highest BCUT2D eigenvalue weighted by Crippen LogP contribution is 2.31. The first-order valence-corrected chi connectivity index (χ1v) is 8.47. The molecule has 0 bridgehead atoms. The van der Waals surface area contributed by atoms with E-state index >= 15 is 0 Å². The molecule has 0 aromatic carbocycles. The number of nitrogens with one attached hydrogen (secondary N) is 1. The van der Waals surface area contributed by atoms with Gasteiger partial charge in [-0.25, -0.2) is 4.68 Å². The number of nitrogens with zero attached hydrogens (tertiary/aromatic N) is 4. The molecule has 5 nitrogen and oxygen atoms in total. The number of hydrogen-bond donors (Lipinski definition) is 1. The van der Waals surface area contributed by atoms with Crippen LogP contribution in [0.25, 0.3) is 0 Å². The largest absolute Gasteiger partial charge is 0.313 e. The zero-order valence-electron chi connectivity index (χ0n) is 12.0. The Morgan fingerprint density at radius 3 is 2.74 bits per heavy atom. The molecule has 0 unspecified atom stereocenters. The van der Waals surface area contributed by atoms with Crippen molar-refractivity contribution >= 4 is 11.8 Å². The third-order valence-electron chi connectivity index (χ3n) is 3.89. The molecule has 0 spiro atoms. The summed E-state index contributed by atoms with van der Waals surface area (Å²) >= 11 is 1.77. The van der Waals surface area contributed by atoms with Crippen LogP contribution in [0.4, 0.5) is 0 Å². The van der Waals surface area contributed by atoms with E-state index in [9.17, 15) is 0 Å². The average Bonchev–Trinajstić information content (AvgIpc) is 3.09. The zero-order chi connectivity index (χ0) is 13.5. The molecule has 108 valence electrons. The Balaban J connectivity index is 1.75. The second-order valence-corrected chi connectivity index (χ2v) is 6.22. The van der Waals surface area contributed by atoms with Crippen molar-refractivity contribution < 1.29 is 0 Å². The molecule has 0 saturated heterocycles. The van der Waals surface area contributed by atoms with Crippen LogP contribution in [-0.2, 0) is 0 Å². The van der Waals surface area contributed by atoms with Gasteiger partial charge in [0.15, 0.2) is 0 Å². The number of aromatic nitrogens is 4. The van der Waals surface area contributed by atoms with Crippen molar-refractivity contribution in [2.75, 3.05) is 12.3 Å². The topological polar surface area (TPSA) is 55.6 Å². The Bertz CT molecular complexity index is 358. The molecule has 1 heterocycles. The van der Waals surface area contributed by atoms with Gasteiger partial charge in [-0.15, -0.1) is 5.10 Å². The van der Waals surface area contributed by atoms with Crippen molar-refractivity contribution in [3.05, 3.63) is 0 Å². The van der Waals surface area contributed by atoms with E-state index in [-0.39, 0.29) is 0 Å². The summed E-state index contributed by atoms with van der Waals surface area (Å²) in [6.07, 6.45) is 7.47. The van der Waals surface area contributed by atoms with Crippen LogP contribution in [0.15, 0.2) is 5.16 Å². The van der Waals surface area contributed by atoms with Gasteiger partial charge in [0.25, 0.3) is 0 Å². The molecule has 1 aliphatic carbocycles. The number of rotatable bonds is 8. The van der Waals surface area contributed by atoms with Crippen molar-refractivity contribution in [1.82, 2.24) is 25.5 Å². The minimum absolute atomic E-state index is 0.532. The van der Waals surface area contributed by atoms with Gasteiger partial charge < -0.3 is 5.32 Å². The maximum absolute atomic E-state index is 4.16.